The average molecular weight is 198 g/mol. The van der Waals surface area contributed by atoms with E-state index in [2.05, 4.69) is 48.5 Å². The minimum Gasteiger partial charge on any atom is -0.0651 e. The average Bonchev–Trinajstić information content (AvgIpc) is 2.14. The van der Waals surface area contributed by atoms with Crippen molar-refractivity contribution in [1.29, 1.82) is 0 Å². The molecule has 0 bridgehead atoms. The van der Waals surface area contributed by atoms with Crippen molar-refractivity contribution < 1.29 is 0 Å². The summed E-state index contributed by atoms with van der Waals surface area (Å²) in [5.41, 5.74) is 1.04. The third kappa shape index (κ3) is 4.02. The van der Waals surface area contributed by atoms with Crippen LogP contribution in [-0.4, -0.2) is 0 Å². The van der Waals surface area contributed by atoms with Crippen LogP contribution in [0.2, 0.25) is 0 Å². The van der Waals surface area contributed by atoms with Gasteiger partial charge in [0.15, 0.2) is 0 Å². The Kier molecular flexibility index (Phi) is 5.19. The summed E-state index contributed by atoms with van der Waals surface area (Å²) in [5, 5.41) is 0. The molecule has 0 aliphatic carbocycles. The molecule has 0 saturated heterocycles. The van der Waals surface area contributed by atoms with Crippen molar-refractivity contribution in [3.8, 4) is 0 Å². The molecule has 0 aromatic heterocycles. The summed E-state index contributed by atoms with van der Waals surface area (Å²) in [7, 11) is 0. The van der Waals surface area contributed by atoms with E-state index < -0.39 is 0 Å². The van der Waals surface area contributed by atoms with Crippen LogP contribution < -0.4 is 0 Å². The lowest BCUT2D eigenvalue weighted by Gasteiger charge is -2.38. The number of hydrogen-bond acceptors (Lipinski definition) is 0. The molecule has 0 heteroatoms. The summed E-state index contributed by atoms with van der Waals surface area (Å²) in [4.78, 5) is 0. The molecule has 0 fully saturated rings. The molecule has 0 aromatic carbocycles. The molecule has 0 saturated carbocycles. The van der Waals surface area contributed by atoms with Gasteiger partial charge in [-0.1, -0.05) is 67.7 Å². The lowest BCUT2D eigenvalue weighted by molar-refractivity contribution is 0.126. The molecular weight excluding hydrogens is 168 g/mol. The van der Waals surface area contributed by atoms with Gasteiger partial charge in [0.25, 0.3) is 0 Å². The van der Waals surface area contributed by atoms with Gasteiger partial charge >= 0.3 is 0 Å². The van der Waals surface area contributed by atoms with Gasteiger partial charge in [-0.2, -0.15) is 0 Å². The van der Waals surface area contributed by atoms with Crippen LogP contribution in [0, 0.1) is 16.7 Å². The van der Waals surface area contributed by atoms with E-state index >= 15 is 0 Å². The standard InChI is InChI=1S/C14H30/c1-8-12(14(6,7)10-3)11-13(4,5)9-2/h12H,8-11H2,1-7H3. The van der Waals surface area contributed by atoms with Crippen LogP contribution in [0.25, 0.3) is 0 Å². The fraction of sp³-hybridized carbons (Fsp3) is 1.00. The van der Waals surface area contributed by atoms with Gasteiger partial charge in [0.1, 0.15) is 0 Å². The maximum Gasteiger partial charge on any atom is -0.0328 e. The maximum absolute atomic E-state index is 2.42. The monoisotopic (exact) mass is 198 g/mol. The van der Waals surface area contributed by atoms with E-state index in [0.717, 1.165) is 5.92 Å². The van der Waals surface area contributed by atoms with Crippen LogP contribution in [-0.2, 0) is 0 Å². The lowest BCUT2D eigenvalue weighted by Crippen LogP contribution is -2.28. The van der Waals surface area contributed by atoms with Crippen molar-refractivity contribution in [2.24, 2.45) is 16.7 Å². The highest BCUT2D eigenvalue weighted by atomic mass is 14.4. The van der Waals surface area contributed by atoms with Gasteiger partial charge in [0.05, 0.1) is 0 Å². The minimum absolute atomic E-state index is 0.515. The first-order chi connectivity index (χ1) is 6.29. The summed E-state index contributed by atoms with van der Waals surface area (Å²) in [6.45, 7) is 16.6. The lowest BCUT2D eigenvalue weighted by atomic mass is 9.67. The Bertz CT molecular complexity index is 153. The summed E-state index contributed by atoms with van der Waals surface area (Å²) in [6.07, 6.45) is 5.29. The summed E-state index contributed by atoms with van der Waals surface area (Å²) in [6, 6.07) is 0. The van der Waals surface area contributed by atoms with E-state index in [1.165, 1.54) is 25.7 Å². The first-order valence-corrected chi connectivity index (χ1v) is 6.29. The molecule has 14 heavy (non-hydrogen) atoms. The van der Waals surface area contributed by atoms with Gasteiger partial charge in [0.2, 0.25) is 0 Å². The quantitative estimate of drug-likeness (QED) is 0.545. The molecule has 0 aromatic rings. The molecule has 0 N–H and O–H groups in total. The molecule has 1 atom stereocenters. The van der Waals surface area contributed by atoms with Crippen molar-refractivity contribution in [3.63, 3.8) is 0 Å². The number of rotatable bonds is 6. The van der Waals surface area contributed by atoms with Crippen LogP contribution in [0.1, 0.15) is 74.1 Å². The van der Waals surface area contributed by atoms with Crippen molar-refractivity contribution >= 4 is 0 Å². The van der Waals surface area contributed by atoms with Crippen molar-refractivity contribution in [3.05, 3.63) is 0 Å². The minimum atomic E-state index is 0.515. The molecular formula is C14H30. The Morgan fingerprint density at radius 1 is 0.857 bits per heavy atom. The van der Waals surface area contributed by atoms with Gasteiger partial charge in [0, 0.05) is 0 Å². The SMILES string of the molecule is CCC(CC(C)(C)CC)C(C)(C)CC. The van der Waals surface area contributed by atoms with E-state index in [0.29, 0.717) is 10.8 Å². The van der Waals surface area contributed by atoms with Crippen LogP contribution in [0.4, 0.5) is 0 Å². The van der Waals surface area contributed by atoms with Gasteiger partial charge in [-0.15, -0.1) is 0 Å². The third-order valence-corrected chi connectivity index (χ3v) is 4.27. The molecule has 0 radical (unpaired) electrons. The molecule has 0 amide bonds. The fourth-order valence-corrected chi connectivity index (χ4v) is 2.07. The van der Waals surface area contributed by atoms with E-state index in [9.17, 15) is 0 Å². The Labute approximate surface area is 91.5 Å². The second-order valence-corrected chi connectivity index (χ2v) is 6.17. The fourth-order valence-electron chi connectivity index (χ4n) is 2.07. The zero-order chi connectivity index (χ0) is 11.4. The van der Waals surface area contributed by atoms with Crippen LogP contribution >= 0.6 is 0 Å². The van der Waals surface area contributed by atoms with Gasteiger partial charge in [-0.05, 0) is 23.2 Å². The van der Waals surface area contributed by atoms with Crippen molar-refractivity contribution in [1.82, 2.24) is 0 Å². The largest absolute Gasteiger partial charge is 0.0651 e. The number of hydrogen-bond donors (Lipinski definition) is 0. The van der Waals surface area contributed by atoms with Crippen molar-refractivity contribution in [2.75, 3.05) is 0 Å². The zero-order valence-corrected chi connectivity index (χ0v) is 11.4. The van der Waals surface area contributed by atoms with Gasteiger partial charge in [-0.3, -0.25) is 0 Å². The first kappa shape index (κ1) is 14.0. The highest BCUT2D eigenvalue weighted by Gasteiger charge is 2.30. The third-order valence-electron chi connectivity index (χ3n) is 4.27. The molecule has 86 valence electrons. The zero-order valence-electron chi connectivity index (χ0n) is 11.4. The smallest absolute Gasteiger partial charge is 0.0328 e. The topological polar surface area (TPSA) is 0 Å². The molecule has 0 spiro atoms. The van der Waals surface area contributed by atoms with Crippen LogP contribution in [0.3, 0.4) is 0 Å². The highest BCUT2D eigenvalue weighted by Crippen LogP contribution is 2.41. The van der Waals surface area contributed by atoms with E-state index in [1.54, 1.807) is 0 Å². The second-order valence-electron chi connectivity index (χ2n) is 6.17. The van der Waals surface area contributed by atoms with Crippen molar-refractivity contribution in [2.45, 2.75) is 74.1 Å². The molecule has 1 unspecified atom stereocenters. The Morgan fingerprint density at radius 2 is 1.36 bits per heavy atom. The first-order valence-electron chi connectivity index (χ1n) is 6.29. The molecule has 0 rings (SSSR count). The van der Waals surface area contributed by atoms with Gasteiger partial charge < -0.3 is 0 Å². The molecule has 0 nitrogen and oxygen atoms in total. The van der Waals surface area contributed by atoms with Crippen LogP contribution in [0.5, 0.6) is 0 Å². The normalized spacial score (nSPS) is 15.6. The molecule has 0 heterocycles. The predicted molar refractivity (Wildman–Crippen MR) is 66.5 cm³/mol. The predicted octanol–water partition coefficient (Wildman–Crippen LogP) is 5.28. The van der Waals surface area contributed by atoms with E-state index in [-0.39, 0.29) is 0 Å². The molecule has 0 aliphatic heterocycles. The Morgan fingerprint density at radius 3 is 1.64 bits per heavy atom. The Balaban J connectivity index is 4.44. The Hall–Kier alpha value is 0. The summed E-state index contributed by atoms with van der Waals surface area (Å²) in [5.74, 6) is 0.877. The van der Waals surface area contributed by atoms with Crippen LogP contribution in [0.15, 0.2) is 0 Å². The van der Waals surface area contributed by atoms with Gasteiger partial charge in [-0.25, -0.2) is 0 Å². The maximum atomic E-state index is 2.42. The van der Waals surface area contributed by atoms with E-state index in [4.69, 9.17) is 0 Å². The second kappa shape index (κ2) is 5.19. The van der Waals surface area contributed by atoms with E-state index in [1.807, 2.05) is 0 Å². The summed E-state index contributed by atoms with van der Waals surface area (Å²) < 4.78 is 0. The summed E-state index contributed by atoms with van der Waals surface area (Å²) >= 11 is 0. The highest BCUT2D eigenvalue weighted by molar-refractivity contribution is 4.81. The molecule has 0 aliphatic rings.